The van der Waals surface area contributed by atoms with E-state index in [2.05, 4.69) is 31.4 Å². The lowest BCUT2D eigenvalue weighted by Gasteiger charge is -2.06. The molecule has 0 saturated heterocycles. The number of aromatic nitrogens is 4. The van der Waals surface area contributed by atoms with Gasteiger partial charge in [-0.25, -0.2) is 4.68 Å². The molecule has 0 atom stereocenters. The molecule has 130 valence electrons. The number of fused-ring (bicyclic) bond motifs is 1. The number of carbonyl (C=O) groups excluding carboxylic acids is 1. The van der Waals surface area contributed by atoms with Gasteiger partial charge in [-0.15, -0.1) is 0 Å². The zero-order valence-electron chi connectivity index (χ0n) is 14.1. The van der Waals surface area contributed by atoms with Crippen molar-refractivity contribution in [2.45, 2.75) is 6.54 Å². The molecule has 1 amide bonds. The van der Waals surface area contributed by atoms with Crippen LogP contribution in [-0.4, -0.2) is 25.5 Å². The summed E-state index contributed by atoms with van der Waals surface area (Å²) in [5.74, 6) is -0.146. The van der Waals surface area contributed by atoms with E-state index in [4.69, 9.17) is 0 Å². The highest BCUT2D eigenvalue weighted by molar-refractivity contribution is 9.10. The lowest BCUT2D eigenvalue weighted by atomic mass is 10.1. The van der Waals surface area contributed by atoms with Gasteiger partial charge >= 0.3 is 0 Å². The fourth-order valence-corrected chi connectivity index (χ4v) is 3.20. The summed E-state index contributed by atoms with van der Waals surface area (Å²) in [5.41, 5.74) is 3.30. The summed E-state index contributed by atoms with van der Waals surface area (Å²) in [6, 6.07) is 15.3. The number of benzene rings is 2. The number of hydrogen-bond donors (Lipinski definition) is 1. The van der Waals surface area contributed by atoms with Crippen LogP contribution in [0.3, 0.4) is 0 Å². The molecule has 0 spiro atoms. The Bertz CT molecular complexity index is 1100. The highest BCUT2D eigenvalue weighted by atomic mass is 79.9. The Balaban J connectivity index is 1.53. The molecule has 0 bridgehead atoms. The SMILES string of the molecule is Cn1nc(CNC(=O)c2cccc(-n3cc(Br)cn3)c2)c2ccccc21. The fraction of sp³-hybridized carbons (Fsp3) is 0.105. The molecular formula is C19H16BrN5O. The summed E-state index contributed by atoms with van der Waals surface area (Å²) in [4.78, 5) is 12.6. The molecule has 6 nitrogen and oxygen atoms in total. The van der Waals surface area contributed by atoms with Gasteiger partial charge < -0.3 is 5.32 Å². The van der Waals surface area contributed by atoms with Crippen LogP contribution in [0, 0.1) is 0 Å². The molecule has 0 aliphatic carbocycles. The average Bonchev–Trinajstić information content (AvgIpc) is 3.24. The molecule has 0 unspecified atom stereocenters. The third-order valence-electron chi connectivity index (χ3n) is 4.17. The lowest BCUT2D eigenvalue weighted by molar-refractivity contribution is 0.0950. The van der Waals surface area contributed by atoms with Crippen LogP contribution in [0.1, 0.15) is 16.1 Å². The molecule has 1 N–H and O–H groups in total. The van der Waals surface area contributed by atoms with E-state index in [-0.39, 0.29) is 5.91 Å². The predicted octanol–water partition coefficient (Wildman–Crippen LogP) is 3.45. The van der Waals surface area contributed by atoms with E-state index in [0.29, 0.717) is 12.1 Å². The smallest absolute Gasteiger partial charge is 0.251 e. The molecule has 0 aliphatic heterocycles. The Labute approximate surface area is 158 Å². The van der Waals surface area contributed by atoms with Gasteiger partial charge in [0.2, 0.25) is 0 Å². The van der Waals surface area contributed by atoms with Crippen molar-refractivity contribution in [3.8, 4) is 5.69 Å². The van der Waals surface area contributed by atoms with E-state index < -0.39 is 0 Å². The van der Waals surface area contributed by atoms with Crippen LogP contribution >= 0.6 is 15.9 Å². The third-order valence-corrected chi connectivity index (χ3v) is 4.58. The molecule has 4 rings (SSSR count). The van der Waals surface area contributed by atoms with E-state index in [9.17, 15) is 4.79 Å². The van der Waals surface area contributed by atoms with E-state index in [1.165, 1.54) is 0 Å². The molecule has 2 aromatic carbocycles. The molecule has 0 aliphatic rings. The Morgan fingerprint density at radius 1 is 1.19 bits per heavy atom. The second-order valence-corrected chi connectivity index (χ2v) is 6.84. The van der Waals surface area contributed by atoms with Crippen molar-refractivity contribution in [3.05, 3.63) is 76.7 Å². The average molecular weight is 410 g/mol. The maximum Gasteiger partial charge on any atom is 0.251 e. The van der Waals surface area contributed by atoms with E-state index in [0.717, 1.165) is 26.8 Å². The second-order valence-electron chi connectivity index (χ2n) is 5.92. The van der Waals surface area contributed by atoms with Crippen LogP contribution in [-0.2, 0) is 13.6 Å². The summed E-state index contributed by atoms with van der Waals surface area (Å²) >= 11 is 3.38. The standard InChI is InChI=1S/C19H16BrN5O/c1-24-18-8-3-2-7-16(18)17(23-24)11-21-19(26)13-5-4-6-15(9-13)25-12-14(20)10-22-25/h2-10,12H,11H2,1H3,(H,21,26). The summed E-state index contributed by atoms with van der Waals surface area (Å²) in [6.45, 7) is 0.373. The number of nitrogens with zero attached hydrogens (tertiary/aromatic N) is 4. The number of halogens is 1. The van der Waals surface area contributed by atoms with Crippen LogP contribution in [0.25, 0.3) is 16.6 Å². The lowest BCUT2D eigenvalue weighted by Crippen LogP contribution is -2.23. The van der Waals surface area contributed by atoms with Crippen LogP contribution in [0.4, 0.5) is 0 Å². The van der Waals surface area contributed by atoms with Crippen molar-refractivity contribution >= 4 is 32.7 Å². The summed E-state index contributed by atoms with van der Waals surface area (Å²) in [7, 11) is 1.90. The van der Waals surface area contributed by atoms with E-state index >= 15 is 0 Å². The first-order chi connectivity index (χ1) is 12.6. The molecule has 0 radical (unpaired) electrons. The Morgan fingerprint density at radius 3 is 2.85 bits per heavy atom. The van der Waals surface area contributed by atoms with Gasteiger partial charge in [0, 0.05) is 24.2 Å². The number of para-hydroxylation sites is 1. The van der Waals surface area contributed by atoms with Crippen molar-refractivity contribution in [1.82, 2.24) is 24.9 Å². The predicted molar refractivity (Wildman–Crippen MR) is 103 cm³/mol. The zero-order chi connectivity index (χ0) is 18.1. The largest absolute Gasteiger partial charge is 0.346 e. The molecule has 7 heteroatoms. The highest BCUT2D eigenvalue weighted by Crippen LogP contribution is 2.18. The van der Waals surface area contributed by atoms with Crippen LogP contribution in [0.2, 0.25) is 0 Å². The van der Waals surface area contributed by atoms with Crippen molar-refractivity contribution in [3.63, 3.8) is 0 Å². The minimum Gasteiger partial charge on any atom is -0.346 e. The van der Waals surface area contributed by atoms with Gasteiger partial charge in [-0.3, -0.25) is 9.48 Å². The molecule has 4 aromatic rings. The van der Waals surface area contributed by atoms with Gasteiger partial charge in [0.25, 0.3) is 5.91 Å². The van der Waals surface area contributed by atoms with Gasteiger partial charge in [0.15, 0.2) is 0 Å². The monoisotopic (exact) mass is 409 g/mol. The minimum atomic E-state index is -0.146. The normalized spacial score (nSPS) is 11.0. The number of aryl methyl sites for hydroxylation is 1. The second kappa shape index (κ2) is 6.76. The number of hydrogen-bond acceptors (Lipinski definition) is 3. The number of nitrogens with one attached hydrogen (secondary N) is 1. The Kier molecular flexibility index (Phi) is 4.30. The van der Waals surface area contributed by atoms with Crippen LogP contribution in [0.5, 0.6) is 0 Å². The van der Waals surface area contributed by atoms with Crippen molar-refractivity contribution in [2.75, 3.05) is 0 Å². The first-order valence-corrected chi connectivity index (χ1v) is 8.90. The van der Waals surface area contributed by atoms with Crippen LogP contribution in [0.15, 0.2) is 65.4 Å². The highest BCUT2D eigenvalue weighted by Gasteiger charge is 2.11. The molecule has 0 fully saturated rings. The van der Waals surface area contributed by atoms with Crippen molar-refractivity contribution in [2.24, 2.45) is 7.05 Å². The first kappa shape index (κ1) is 16.5. The maximum atomic E-state index is 12.6. The summed E-state index contributed by atoms with van der Waals surface area (Å²) in [5, 5.41) is 12.7. The van der Waals surface area contributed by atoms with Crippen LogP contribution < -0.4 is 5.32 Å². The maximum absolute atomic E-state index is 12.6. The Morgan fingerprint density at radius 2 is 2.04 bits per heavy atom. The van der Waals surface area contributed by atoms with Gasteiger partial charge in [-0.05, 0) is 40.2 Å². The van der Waals surface area contributed by atoms with Gasteiger partial charge in [0.1, 0.15) is 0 Å². The Hall–Kier alpha value is -2.93. The zero-order valence-corrected chi connectivity index (χ0v) is 15.6. The van der Waals surface area contributed by atoms with Crippen molar-refractivity contribution in [1.29, 1.82) is 0 Å². The van der Waals surface area contributed by atoms with Gasteiger partial charge in [-0.1, -0.05) is 24.3 Å². The number of rotatable bonds is 4. The van der Waals surface area contributed by atoms with Gasteiger partial charge in [-0.2, -0.15) is 10.2 Å². The topological polar surface area (TPSA) is 64.7 Å². The molecule has 0 saturated carbocycles. The summed E-state index contributed by atoms with van der Waals surface area (Å²) in [6.07, 6.45) is 3.55. The van der Waals surface area contributed by atoms with E-state index in [1.807, 2.05) is 60.4 Å². The minimum absolute atomic E-state index is 0.146. The van der Waals surface area contributed by atoms with Gasteiger partial charge in [0.05, 0.1) is 34.1 Å². The summed E-state index contributed by atoms with van der Waals surface area (Å²) < 4.78 is 4.43. The molecule has 2 aromatic heterocycles. The van der Waals surface area contributed by atoms with E-state index in [1.54, 1.807) is 16.9 Å². The quantitative estimate of drug-likeness (QED) is 0.561. The molecule has 26 heavy (non-hydrogen) atoms. The first-order valence-electron chi connectivity index (χ1n) is 8.11. The molecule has 2 heterocycles. The molecular weight excluding hydrogens is 394 g/mol. The number of amides is 1. The van der Waals surface area contributed by atoms with Crippen molar-refractivity contribution < 1.29 is 4.79 Å². The number of carbonyl (C=O) groups is 1. The fourth-order valence-electron chi connectivity index (χ4n) is 2.92. The third kappa shape index (κ3) is 3.13.